The third-order valence-corrected chi connectivity index (χ3v) is 5.04. The first-order valence-electron chi connectivity index (χ1n) is 7.53. The van der Waals surface area contributed by atoms with E-state index < -0.39 is 0 Å². The van der Waals surface area contributed by atoms with Crippen LogP contribution in [0.4, 0.5) is 0 Å². The van der Waals surface area contributed by atoms with Crippen molar-refractivity contribution < 1.29 is 5.11 Å². The van der Waals surface area contributed by atoms with Crippen LogP contribution in [0.2, 0.25) is 0 Å². The van der Waals surface area contributed by atoms with Gasteiger partial charge in [-0.15, -0.1) is 0 Å². The Balaban J connectivity index is 1.64. The average molecular weight is 259 g/mol. The van der Waals surface area contributed by atoms with E-state index in [1.807, 2.05) is 0 Å². The van der Waals surface area contributed by atoms with Gasteiger partial charge in [-0.2, -0.15) is 0 Å². The normalized spacial score (nSPS) is 30.3. The summed E-state index contributed by atoms with van der Waals surface area (Å²) in [7, 11) is 0. The summed E-state index contributed by atoms with van der Waals surface area (Å²) in [4.78, 5) is 2.50. The lowest BCUT2D eigenvalue weighted by Crippen LogP contribution is -2.44. The van der Waals surface area contributed by atoms with E-state index >= 15 is 0 Å². The quantitative estimate of drug-likeness (QED) is 0.881. The molecule has 2 aliphatic rings. The minimum Gasteiger partial charge on any atom is -0.392 e. The van der Waals surface area contributed by atoms with Crippen LogP contribution >= 0.6 is 0 Å². The lowest BCUT2D eigenvalue weighted by Gasteiger charge is -2.42. The van der Waals surface area contributed by atoms with Crippen LogP contribution in [0.1, 0.15) is 44.2 Å². The van der Waals surface area contributed by atoms with Gasteiger partial charge >= 0.3 is 0 Å². The second-order valence-electron chi connectivity index (χ2n) is 7.02. The zero-order valence-electron chi connectivity index (χ0n) is 12.1. The number of hydrogen-bond donors (Lipinski definition) is 1. The van der Waals surface area contributed by atoms with Gasteiger partial charge in [0.2, 0.25) is 0 Å². The summed E-state index contributed by atoms with van der Waals surface area (Å²) < 4.78 is 0. The zero-order valence-corrected chi connectivity index (χ0v) is 12.1. The Morgan fingerprint density at radius 1 is 1.21 bits per heavy atom. The highest BCUT2D eigenvalue weighted by Gasteiger charge is 2.38. The van der Waals surface area contributed by atoms with E-state index in [9.17, 15) is 5.11 Å². The van der Waals surface area contributed by atoms with Crippen molar-refractivity contribution in [3.63, 3.8) is 0 Å². The van der Waals surface area contributed by atoms with Gasteiger partial charge in [-0.25, -0.2) is 0 Å². The Morgan fingerprint density at radius 3 is 2.47 bits per heavy atom. The van der Waals surface area contributed by atoms with Gasteiger partial charge in [-0.3, -0.25) is 4.90 Å². The van der Waals surface area contributed by atoms with Crippen molar-refractivity contribution in [3.05, 3.63) is 35.4 Å². The van der Waals surface area contributed by atoms with E-state index in [1.54, 1.807) is 0 Å². The van der Waals surface area contributed by atoms with Gasteiger partial charge in [0.05, 0.1) is 6.10 Å². The maximum Gasteiger partial charge on any atom is 0.0631 e. The fourth-order valence-electron chi connectivity index (χ4n) is 3.82. The summed E-state index contributed by atoms with van der Waals surface area (Å²) in [6.07, 6.45) is 3.45. The van der Waals surface area contributed by atoms with Crippen LogP contribution in [-0.2, 0) is 13.1 Å². The van der Waals surface area contributed by atoms with Crippen LogP contribution < -0.4 is 0 Å². The fourth-order valence-corrected chi connectivity index (χ4v) is 3.82. The fraction of sp³-hybridized carbons (Fsp3) is 0.647. The molecule has 1 N–H and O–H groups in total. The highest BCUT2D eigenvalue weighted by molar-refractivity contribution is 5.30. The van der Waals surface area contributed by atoms with E-state index in [4.69, 9.17) is 0 Å². The molecule has 1 aliphatic heterocycles. The van der Waals surface area contributed by atoms with Crippen molar-refractivity contribution >= 4 is 0 Å². The molecule has 1 aliphatic carbocycles. The number of hydrogen-bond acceptors (Lipinski definition) is 2. The second kappa shape index (κ2) is 4.92. The van der Waals surface area contributed by atoms with Crippen molar-refractivity contribution in [3.8, 4) is 0 Å². The molecule has 1 aromatic rings. The first-order valence-corrected chi connectivity index (χ1v) is 7.53. The lowest BCUT2D eigenvalue weighted by molar-refractivity contribution is -0.0434. The van der Waals surface area contributed by atoms with Crippen LogP contribution in [0.5, 0.6) is 0 Å². The summed E-state index contributed by atoms with van der Waals surface area (Å²) in [5, 5.41) is 10.5. The van der Waals surface area contributed by atoms with Gasteiger partial charge in [-0.1, -0.05) is 44.5 Å². The molecule has 0 saturated heterocycles. The minimum atomic E-state index is -0.148. The Hall–Kier alpha value is -0.860. The Kier molecular flexibility index (Phi) is 3.40. The molecule has 0 bridgehead atoms. The molecule has 0 spiro atoms. The molecule has 0 radical (unpaired) electrons. The van der Waals surface area contributed by atoms with Crippen LogP contribution in [0.25, 0.3) is 0 Å². The van der Waals surface area contributed by atoms with Gasteiger partial charge in [0.15, 0.2) is 0 Å². The third kappa shape index (κ3) is 2.56. The molecule has 2 unspecified atom stereocenters. The molecule has 2 nitrogen and oxygen atoms in total. The molecule has 1 heterocycles. The maximum atomic E-state index is 10.5. The molecular formula is C17H25NO. The molecule has 2 atom stereocenters. The first-order chi connectivity index (χ1) is 9.06. The molecule has 104 valence electrons. The van der Waals surface area contributed by atoms with Crippen molar-refractivity contribution in [2.45, 2.75) is 52.3 Å². The van der Waals surface area contributed by atoms with E-state index in [-0.39, 0.29) is 11.5 Å². The molecule has 19 heavy (non-hydrogen) atoms. The smallest absolute Gasteiger partial charge is 0.0631 e. The van der Waals surface area contributed by atoms with Crippen LogP contribution in [0, 0.1) is 11.3 Å². The van der Waals surface area contributed by atoms with Gasteiger partial charge in [0.1, 0.15) is 0 Å². The third-order valence-electron chi connectivity index (χ3n) is 5.04. The number of aliphatic hydroxyl groups is 1. The predicted molar refractivity (Wildman–Crippen MR) is 77.7 cm³/mol. The van der Waals surface area contributed by atoms with Gasteiger partial charge in [-0.05, 0) is 35.3 Å². The van der Waals surface area contributed by atoms with Crippen molar-refractivity contribution in [1.82, 2.24) is 4.90 Å². The highest BCUT2D eigenvalue weighted by atomic mass is 16.3. The molecular weight excluding hydrogens is 234 g/mol. The standard InChI is InChI=1S/C17H25NO/c1-17(2)9-5-8-15(16(17)19)12-18-10-13-6-3-4-7-14(13)11-18/h3-4,6-7,15-16,19H,5,8-12H2,1-2H3. The Bertz CT molecular complexity index is 429. The Morgan fingerprint density at radius 2 is 1.84 bits per heavy atom. The van der Waals surface area contributed by atoms with Gasteiger partial charge in [0.25, 0.3) is 0 Å². The van der Waals surface area contributed by atoms with Gasteiger partial charge < -0.3 is 5.11 Å². The molecule has 1 aromatic carbocycles. The summed E-state index contributed by atoms with van der Waals surface area (Å²) >= 11 is 0. The zero-order chi connectivity index (χ0) is 13.5. The van der Waals surface area contributed by atoms with Crippen LogP contribution in [0.15, 0.2) is 24.3 Å². The topological polar surface area (TPSA) is 23.5 Å². The largest absolute Gasteiger partial charge is 0.392 e. The Labute approximate surface area is 116 Å². The maximum absolute atomic E-state index is 10.5. The van der Waals surface area contributed by atoms with E-state index in [0.29, 0.717) is 5.92 Å². The van der Waals surface area contributed by atoms with Crippen molar-refractivity contribution in [2.75, 3.05) is 6.54 Å². The lowest BCUT2D eigenvalue weighted by atomic mass is 9.69. The monoisotopic (exact) mass is 259 g/mol. The molecule has 2 heteroatoms. The van der Waals surface area contributed by atoms with E-state index in [2.05, 4.69) is 43.0 Å². The summed E-state index contributed by atoms with van der Waals surface area (Å²) in [6, 6.07) is 8.72. The summed E-state index contributed by atoms with van der Waals surface area (Å²) in [6.45, 7) is 7.57. The van der Waals surface area contributed by atoms with E-state index in [0.717, 1.165) is 26.1 Å². The van der Waals surface area contributed by atoms with Crippen molar-refractivity contribution in [2.24, 2.45) is 11.3 Å². The van der Waals surface area contributed by atoms with Gasteiger partial charge in [0, 0.05) is 19.6 Å². The first kappa shape index (κ1) is 13.1. The highest BCUT2D eigenvalue weighted by Crippen LogP contribution is 2.39. The predicted octanol–water partition coefficient (Wildman–Crippen LogP) is 3.19. The summed E-state index contributed by atoms with van der Waals surface area (Å²) in [5.74, 6) is 0.443. The van der Waals surface area contributed by atoms with Crippen LogP contribution in [-0.4, -0.2) is 22.7 Å². The molecule has 0 aromatic heterocycles. The number of aliphatic hydroxyl groups excluding tert-OH is 1. The SMILES string of the molecule is CC1(C)CCCC(CN2Cc3ccccc3C2)C1O. The summed E-state index contributed by atoms with van der Waals surface area (Å²) in [5.41, 5.74) is 3.02. The van der Waals surface area contributed by atoms with Crippen LogP contribution in [0.3, 0.4) is 0 Å². The average Bonchev–Trinajstić information content (AvgIpc) is 2.77. The molecule has 1 fully saturated rings. The number of fused-ring (bicyclic) bond motifs is 1. The van der Waals surface area contributed by atoms with E-state index in [1.165, 1.54) is 24.0 Å². The molecule has 1 saturated carbocycles. The number of nitrogens with zero attached hydrogens (tertiary/aromatic N) is 1. The number of benzene rings is 1. The molecule has 3 rings (SSSR count). The number of rotatable bonds is 2. The minimum absolute atomic E-state index is 0.0928. The molecule has 0 amide bonds. The van der Waals surface area contributed by atoms with Crippen molar-refractivity contribution in [1.29, 1.82) is 0 Å². The second-order valence-corrected chi connectivity index (χ2v) is 7.02.